The van der Waals surface area contributed by atoms with Gasteiger partial charge in [-0.2, -0.15) is 4.98 Å². The lowest BCUT2D eigenvalue weighted by molar-refractivity contribution is -0.119. The van der Waals surface area contributed by atoms with Crippen LogP contribution in [0.1, 0.15) is 34.5 Å². The molecule has 0 aliphatic heterocycles. The maximum Gasteiger partial charge on any atom is 0.378 e. The highest BCUT2D eigenvalue weighted by atomic mass is 16.5. The molecule has 2 heterocycles. The van der Waals surface area contributed by atoms with Gasteiger partial charge >= 0.3 is 5.97 Å². The molecule has 0 spiro atoms. The molecule has 8 heteroatoms. The van der Waals surface area contributed by atoms with Crippen molar-refractivity contribution < 1.29 is 14.3 Å². The maximum atomic E-state index is 12.1. The number of aromatic nitrogens is 4. The lowest BCUT2D eigenvalue weighted by Gasteiger charge is -2.09. The number of fused-ring (bicyclic) bond motifs is 1. The first-order valence-corrected chi connectivity index (χ1v) is 8.24. The summed E-state index contributed by atoms with van der Waals surface area (Å²) in [6.07, 6.45) is 0.785. The first kappa shape index (κ1) is 17.5. The largest absolute Gasteiger partial charge is 0.450 e. The summed E-state index contributed by atoms with van der Waals surface area (Å²) in [7, 11) is 0. The molecule has 26 heavy (non-hydrogen) atoms. The van der Waals surface area contributed by atoms with Gasteiger partial charge < -0.3 is 10.1 Å². The van der Waals surface area contributed by atoms with E-state index in [0.717, 1.165) is 23.4 Å². The second-order valence-corrected chi connectivity index (χ2v) is 5.82. The van der Waals surface area contributed by atoms with E-state index < -0.39 is 18.5 Å². The second kappa shape index (κ2) is 7.30. The number of benzene rings is 1. The Hall–Kier alpha value is -3.29. The van der Waals surface area contributed by atoms with Crippen LogP contribution in [-0.4, -0.2) is 38.1 Å². The predicted molar refractivity (Wildman–Crippen MR) is 95.0 cm³/mol. The SMILES string of the molecule is CCc1ccccc1NC(=O)COC(=O)c1nc2nc(C)cc(C)n2n1. The summed E-state index contributed by atoms with van der Waals surface area (Å²) in [6.45, 7) is 5.25. The number of rotatable bonds is 5. The first-order valence-electron chi connectivity index (χ1n) is 8.24. The number of carbonyl (C=O) groups is 2. The van der Waals surface area contributed by atoms with Gasteiger partial charge in [0.1, 0.15) is 0 Å². The number of carbonyl (C=O) groups excluding carboxylic acids is 2. The topological polar surface area (TPSA) is 98.5 Å². The molecule has 0 saturated carbocycles. The van der Waals surface area contributed by atoms with Gasteiger partial charge in [0.25, 0.3) is 17.5 Å². The van der Waals surface area contributed by atoms with Gasteiger partial charge in [0.05, 0.1) is 0 Å². The molecule has 1 N–H and O–H groups in total. The fourth-order valence-corrected chi connectivity index (χ4v) is 2.59. The minimum absolute atomic E-state index is 0.132. The number of nitrogens with zero attached hydrogens (tertiary/aromatic N) is 4. The summed E-state index contributed by atoms with van der Waals surface area (Å²) >= 11 is 0. The van der Waals surface area contributed by atoms with Crippen molar-refractivity contribution in [3.63, 3.8) is 0 Å². The Morgan fingerprint density at radius 1 is 1.19 bits per heavy atom. The first-order chi connectivity index (χ1) is 12.5. The number of nitrogens with one attached hydrogen (secondary N) is 1. The normalized spacial score (nSPS) is 10.7. The molecule has 0 unspecified atom stereocenters. The van der Waals surface area contributed by atoms with Gasteiger partial charge in [-0.3, -0.25) is 4.79 Å². The third-order valence-corrected chi connectivity index (χ3v) is 3.81. The van der Waals surface area contributed by atoms with E-state index in [1.165, 1.54) is 4.52 Å². The van der Waals surface area contributed by atoms with Crippen molar-refractivity contribution in [2.75, 3.05) is 11.9 Å². The molecule has 134 valence electrons. The van der Waals surface area contributed by atoms with Crippen LogP contribution >= 0.6 is 0 Å². The van der Waals surface area contributed by atoms with E-state index in [-0.39, 0.29) is 5.82 Å². The number of amides is 1. The number of ether oxygens (including phenoxy) is 1. The van der Waals surface area contributed by atoms with Gasteiger partial charge in [-0.05, 0) is 38.0 Å². The lowest BCUT2D eigenvalue weighted by atomic mass is 10.1. The smallest absolute Gasteiger partial charge is 0.378 e. The minimum atomic E-state index is -0.772. The number of hydrogen-bond donors (Lipinski definition) is 1. The Morgan fingerprint density at radius 3 is 2.73 bits per heavy atom. The van der Waals surface area contributed by atoms with E-state index in [0.29, 0.717) is 11.5 Å². The van der Waals surface area contributed by atoms with Crippen molar-refractivity contribution in [2.24, 2.45) is 0 Å². The Morgan fingerprint density at radius 2 is 1.96 bits per heavy atom. The van der Waals surface area contributed by atoms with E-state index in [1.807, 2.05) is 45.0 Å². The predicted octanol–water partition coefficient (Wildman–Crippen LogP) is 2.10. The zero-order chi connectivity index (χ0) is 18.7. The fraction of sp³-hybridized carbons (Fsp3) is 0.278. The van der Waals surface area contributed by atoms with Crippen molar-refractivity contribution in [2.45, 2.75) is 27.2 Å². The molecular weight excluding hydrogens is 334 g/mol. The molecule has 8 nitrogen and oxygen atoms in total. The van der Waals surface area contributed by atoms with Crippen molar-refractivity contribution in [3.05, 3.63) is 53.1 Å². The van der Waals surface area contributed by atoms with Crippen LogP contribution in [0.5, 0.6) is 0 Å². The van der Waals surface area contributed by atoms with Crippen LogP contribution in [0, 0.1) is 13.8 Å². The molecule has 0 atom stereocenters. The molecule has 0 saturated heterocycles. The van der Waals surface area contributed by atoms with Gasteiger partial charge in [0.15, 0.2) is 6.61 Å². The Labute approximate surface area is 150 Å². The average molecular weight is 353 g/mol. The molecule has 3 rings (SSSR count). The van der Waals surface area contributed by atoms with Gasteiger partial charge in [-0.1, -0.05) is 25.1 Å². The van der Waals surface area contributed by atoms with Gasteiger partial charge in [-0.25, -0.2) is 14.3 Å². The summed E-state index contributed by atoms with van der Waals surface area (Å²) in [5.41, 5.74) is 3.28. The van der Waals surface area contributed by atoms with Crippen LogP contribution in [-0.2, 0) is 16.0 Å². The molecular formula is C18H19N5O3. The van der Waals surface area contributed by atoms with E-state index >= 15 is 0 Å². The van der Waals surface area contributed by atoms with Gasteiger partial charge in [0, 0.05) is 17.1 Å². The average Bonchev–Trinajstić information content (AvgIpc) is 3.04. The molecule has 0 aliphatic carbocycles. The van der Waals surface area contributed by atoms with Crippen molar-refractivity contribution in [1.82, 2.24) is 19.6 Å². The summed E-state index contributed by atoms with van der Waals surface area (Å²) in [5, 5.41) is 6.82. The molecule has 3 aromatic rings. The standard InChI is InChI=1S/C18H19N5O3/c1-4-13-7-5-6-8-14(13)20-15(24)10-26-17(25)16-21-18-19-11(2)9-12(3)23(18)22-16/h5-9H,4,10H2,1-3H3,(H,20,24). The number of anilines is 1. The zero-order valence-corrected chi connectivity index (χ0v) is 14.8. The van der Waals surface area contributed by atoms with Crippen molar-refractivity contribution in [1.29, 1.82) is 0 Å². The monoisotopic (exact) mass is 353 g/mol. The van der Waals surface area contributed by atoms with Crippen LogP contribution < -0.4 is 5.32 Å². The summed E-state index contributed by atoms with van der Waals surface area (Å²) in [5.74, 6) is -1.01. The molecule has 0 fully saturated rings. The number of esters is 1. The molecule has 1 amide bonds. The lowest BCUT2D eigenvalue weighted by Crippen LogP contribution is -2.22. The van der Waals surface area contributed by atoms with Crippen LogP contribution in [0.15, 0.2) is 30.3 Å². The number of para-hydroxylation sites is 1. The molecule has 0 radical (unpaired) electrons. The van der Waals surface area contributed by atoms with E-state index in [2.05, 4.69) is 20.4 Å². The molecule has 0 bridgehead atoms. The molecule has 1 aromatic carbocycles. The Balaban J connectivity index is 1.65. The van der Waals surface area contributed by atoms with Crippen molar-refractivity contribution in [3.8, 4) is 0 Å². The highest BCUT2D eigenvalue weighted by Crippen LogP contribution is 2.15. The highest BCUT2D eigenvalue weighted by Gasteiger charge is 2.18. The Bertz CT molecular complexity index is 980. The minimum Gasteiger partial charge on any atom is -0.450 e. The van der Waals surface area contributed by atoms with E-state index in [4.69, 9.17) is 4.74 Å². The number of hydrogen-bond acceptors (Lipinski definition) is 6. The van der Waals surface area contributed by atoms with E-state index in [1.54, 1.807) is 6.07 Å². The van der Waals surface area contributed by atoms with Crippen LogP contribution in [0.2, 0.25) is 0 Å². The Kier molecular flexibility index (Phi) is 4.92. The third-order valence-electron chi connectivity index (χ3n) is 3.81. The van der Waals surface area contributed by atoms with Crippen LogP contribution in [0.25, 0.3) is 5.78 Å². The van der Waals surface area contributed by atoms with Crippen LogP contribution in [0.4, 0.5) is 5.69 Å². The second-order valence-electron chi connectivity index (χ2n) is 5.82. The molecule has 2 aromatic heterocycles. The quantitative estimate of drug-likeness (QED) is 0.705. The zero-order valence-electron chi connectivity index (χ0n) is 14.8. The third kappa shape index (κ3) is 3.69. The number of aryl methyl sites for hydroxylation is 3. The van der Waals surface area contributed by atoms with Crippen molar-refractivity contribution >= 4 is 23.3 Å². The summed E-state index contributed by atoms with van der Waals surface area (Å²) in [6, 6.07) is 9.30. The highest BCUT2D eigenvalue weighted by molar-refractivity contribution is 5.95. The summed E-state index contributed by atoms with van der Waals surface area (Å²) in [4.78, 5) is 32.4. The molecule has 0 aliphatic rings. The van der Waals surface area contributed by atoms with E-state index in [9.17, 15) is 9.59 Å². The van der Waals surface area contributed by atoms with Gasteiger partial charge in [0.2, 0.25) is 0 Å². The summed E-state index contributed by atoms with van der Waals surface area (Å²) < 4.78 is 6.48. The van der Waals surface area contributed by atoms with Crippen LogP contribution in [0.3, 0.4) is 0 Å². The maximum absolute atomic E-state index is 12.1. The fourth-order valence-electron chi connectivity index (χ4n) is 2.59. The van der Waals surface area contributed by atoms with Gasteiger partial charge in [-0.15, -0.1) is 5.10 Å².